The molecule has 0 atom stereocenters. The molecular weight excluding hydrogens is 301 g/mol. The number of piperazine rings is 1. The highest BCUT2D eigenvalue weighted by molar-refractivity contribution is 7.15. The van der Waals surface area contributed by atoms with Crippen LogP contribution in [0.5, 0.6) is 0 Å². The van der Waals surface area contributed by atoms with Crippen molar-refractivity contribution in [2.24, 2.45) is 0 Å². The molecule has 21 heavy (non-hydrogen) atoms. The average Bonchev–Trinajstić information content (AvgIpc) is 2.85. The van der Waals surface area contributed by atoms with Crippen molar-refractivity contribution in [2.75, 3.05) is 44.6 Å². The van der Waals surface area contributed by atoms with Gasteiger partial charge in [0.25, 0.3) is 0 Å². The fraction of sp³-hybridized carbons (Fsp3) is 0.769. The first-order valence-corrected chi connectivity index (χ1v) is 7.98. The molecule has 1 N–H and O–H groups in total. The van der Waals surface area contributed by atoms with Gasteiger partial charge in [0.15, 0.2) is 5.13 Å². The van der Waals surface area contributed by atoms with E-state index in [2.05, 4.69) is 22.1 Å². The SMILES string of the molecule is CCCNc1ncc(CN2CCN(CC(F)(F)F)CC2)s1. The van der Waals surface area contributed by atoms with Crippen LogP contribution in [-0.2, 0) is 6.54 Å². The molecule has 0 aromatic carbocycles. The molecule has 1 aromatic rings. The minimum atomic E-state index is -4.10. The first kappa shape index (κ1) is 16.5. The number of anilines is 1. The average molecular weight is 322 g/mol. The van der Waals surface area contributed by atoms with Crippen molar-refractivity contribution in [1.29, 1.82) is 0 Å². The summed E-state index contributed by atoms with van der Waals surface area (Å²) in [5.41, 5.74) is 0. The van der Waals surface area contributed by atoms with Gasteiger partial charge >= 0.3 is 6.18 Å². The quantitative estimate of drug-likeness (QED) is 0.872. The van der Waals surface area contributed by atoms with Crippen LogP contribution in [-0.4, -0.2) is 60.2 Å². The van der Waals surface area contributed by atoms with Gasteiger partial charge in [0.1, 0.15) is 0 Å². The Morgan fingerprint density at radius 3 is 2.52 bits per heavy atom. The summed E-state index contributed by atoms with van der Waals surface area (Å²) in [4.78, 5) is 9.11. The molecule has 0 amide bonds. The van der Waals surface area contributed by atoms with Crippen LogP contribution in [0, 0.1) is 0 Å². The molecule has 0 aliphatic carbocycles. The van der Waals surface area contributed by atoms with E-state index >= 15 is 0 Å². The number of alkyl halides is 3. The summed E-state index contributed by atoms with van der Waals surface area (Å²) in [7, 11) is 0. The Bertz CT molecular complexity index is 427. The van der Waals surface area contributed by atoms with Crippen LogP contribution < -0.4 is 5.32 Å². The summed E-state index contributed by atoms with van der Waals surface area (Å²) in [6.45, 7) is 5.26. The highest BCUT2D eigenvalue weighted by atomic mass is 32.1. The molecule has 8 heteroatoms. The molecule has 1 aliphatic rings. The molecule has 2 heterocycles. The molecule has 120 valence electrons. The molecule has 0 unspecified atom stereocenters. The first-order valence-electron chi connectivity index (χ1n) is 7.16. The van der Waals surface area contributed by atoms with E-state index in [1.165, 1.54) is 4.90 Å². The summed E-state index contributed by atoms with van der Waals surface area (Å²) < 4.78 is 37.0. The van der Waals surface area contributed by atoms with Gasteiger partial charge in [-0.2, -0.15) is 13.2 Å². The molecule has 1 fully saturated rings. The Balaban J connectivity index is 1.74. The van der Waals surface area contributed by atoms with E-state index in [4.69, 9.17) is 0 Å². The van der Waals surface area contributed by atoms with E-state index in [1.54, 1.807) is 11.3 Å². The smallest absolute Gasteiger partial charge is 0.362 e. The van der Waals surface area contributed by atoms with E-state index in [9.17, 15) is 13.2 Å². The Hall–Kier alpha value is -0.860. The lowest BCUT2D eigenvalue weighted by atomic mass is 10.3. The molecule has 0 radical (unpaired) electrons. The zero-order valence-corrected chi connectivity index (χ0v) is 12.9. The summed E-state index contributed by atoms with van der Waals surface area (Å²) in [6.07, 6.45) is -1.19. The van der Waals surface area contributed by atoms with Gasteiger partial charge in [-0.25, -0.2) is 4.98 Å². The Labute approximate surface area is 127 Å². The number of nitrogens with one attached hydrogen (secondary N) is 1. The van der Waals surface area contributed by atoms with Crippen molar-refractivity contribution in [1.82, 2.24) is 14.8 Å². The number of aromatic nitrogens is 1. The summed E-state index contributed by atoms with van der Waals surface area (Å²) >= 11 is 1.62. The Morgan fingerprint density at radius 2 is 1.90 bits per heavy atom. The maximum absolute atomic E-state index is 12.3. The topological polar surface area (TPSA) is 31.4 Å². The van der Waals surface area contributed by atoms with Crippen LogP contribution >= 0.6 is 11.3 Å². The number of thiazole rings is 1. The van der Waals surface area contributed by atoms with Crippen molar-refractivity contribution in [3.63, 3.8) is 0 Å². The minimum Gasteiger partial charge on any atom is -0.362 e. The van der Waals surface area contributed by atoms with Crippen LogP contribution in [0.1, 0.15) is 18.2 Å². The van der Waals surface area contributed by atoms with Gasteiger partial charge in [-0.1, -0.05) is 6.92 Å². The number of rotatable bonds is 6. The summed E-state index contributed by atoms with van der Waals surface area (Å²) in [6, 6.07) is 0. The molecule has 1 aliphatic heterocycles. The van der Waals surface area contributed by atoms with Gasteiger partial charge in [0, 0.05) is 50.3 Å². The van der Waals surface area contributed by atoms with E-state index in [1.807, 2.05) is 6.20 Å². The lowest BCUT2D eigenvalue weighted by Gasteiger charge is -2.34. The van der Waals surface area contributed by atoms with Crippen LogP contribution in [0.15, 0.2) is 6.20 Å². The largest absolute Gasteiger partial charge is 0.401 e. The molecule has 1 saturated heterocycles. The van der Waals surface area contributed by atoms with Gasteiger partial charge in [-0.3, -0.25) is 9.80 Å². The standard InChI is InChI=1S/C13H21F3N4S/c1-2-3-17-12-18-8-11(21-12)9-19-4-6-20(7-5-19)10-13(14,15)16/h8H,2-7,9-10H2,1H3,(H,17,18). The molecule has 0 saturated carbocycles. The number of hydrogen-bond donors (Lipinski definition) is 1. The minimum absolute atomic E-state index is 0.471. The van der Waals surface area contributed by atoms with Crippen molar-refractivity contribution >= 4 is 16.5 Å². The second kappa shape index (κ2) is 7.42. The normalized spacial score (nSPS) is 18.1. The van der Waals surface area contributed by atoms with Crippen molar-refractivity contribution < 1.29 is 13.2 Å². The zero-order valence-electron chi connectivity index (χ0n) is 12.1. The van der Waals surface area contributed by atoms with Crippen LogP contribution in [0.25, 0.3) is 0 Å². The first-order chi connectivity index (χ1) is 9.96. The van der Waals surface area contributed by atoms with E-state index in [-0.39, 0.29) is 0 Å². The van der Waals surface area contributed by atoms with Crippen molar-refractivity contribution in [3.8, 4) is 0 Å². The number of nitrogens with zero attached hydrogens (tertiary/aromatic N) is 3. The summed E-state index contributed by atoms with van der Waals surface area (Å²) in [5, 5.41) is 4.16. The molecule has 2 rings (SSSR count). The van der Waals surface area contributed by atoms with Gasteiger partial charge < -0.3 is 5.32 Å². The molecule has 0 bridgehead atoms. The maximum Gasteiger partial charge on any atom is 0.401 e. The Kier molecular flexibility index (Phi) is 5.83. The van der Waals surface area contributed by atoms with Gasteiger partial charge in [0.2, 0.25) is 0 Å². The molecule has 4 nitrogen and oxygen atoms in total. The van der Waals surface area contributed by atoms with Crippen molar-refractivity contribution in [2.45, 2.75) is 26.1 Å². The fourth-order valence-corrected chi connectivity index (χ4v) is 3.15. The maximum atomic E-state index is 12.3. The van der Waals surface area contributed by atoms with Crippen LogP contribution in [0.2, 0.25) is 0 Å². The van der Waals surface area contributed by atoms with E-state index in [0.717, 1.165) is 29.5 Å². The lowest BCUT2D eigenvalue weighted by Crippen LogP contribution is -2.48. The monoisotopic (exact) mass is 322 g/mol. The molecule has 0 spiro atoms. The summed E-state index contributed by atoms with van der Waals surface area (Å²) in [5.74, 6) is 0. The van der Waals surface area contributed by atoms with Gasteiger partial charge in [-0.05, 0) is 6.42 Å². The highest BCUT2D eigenvalue weighted by Crippen LogP contribution is 2.21. The molecule has 1 aromatic heterocycles. The second-order valence-corrected chi connectivity index (χ2v) is 6.34. The third-order valence-electron chi connectivity index (χ3n) is 3.33. The van der Waals surface area contributed by atoms with E-state index < -0.39 is 12.7 Å². The third kappa shape index (κ3) is 5.80. The predicted octanol–water partition coefficient (Wildman–Crippen LogP) is 2.64. The van der Waals surface area contributed by atoms with Crippen LogP contribution in [0.3, 0.4) is 0 Å². The fourth-order valence-electron chi connectivity index (χ4n) is 2.27. The lowest BCUT2D eigenvalue weighted by molar-refractivity contribution is -0.149. The number of hydrogen-bond acceptors (Lipinski definition) is 5. The zero-order chi connectivity index (χ0) is 15.3. The van der Waals surface area contributed by atoms with E-state index in [0.29, 0.717) is 26.2 Å². The van der Waals surface area contributed by atoms with Crippen LogP contribution in [0.4, 0.5) is 18.3 Å². The number of halogens is 3. The highest BCUT2D eigenvalue weighted by Gasteiger charge is 2.32. The molecular formula is C13H21F3N4S. The van der Waals surface area contributed by atoms with Gasteiger partial charge in [-0.15, -0.1) is 11.3 Å². The predicted molar refractivity (Wildman–Crippen MR) is 78.7 cm³/mol. The van der Waals surface area contributed by atoms with Gasteiger partial charge in [0.05, 0.1) is 6.54 Å². The van der Waals surface area contributed by atoms with Crippen molar-refractivity contribution in [3.05, 3.63) is 11.1 Å². The third-order valence-corrected chi connectivity index (χ3v) is 4.27. The second-order valence-electron chi connectivity index (χ2n) is 5.23. The Morgan fingerprint density at radius 1 is 1.24 bits per heavy atom.